The van der Waals surface area contributed by atoms with Crippen LogP contribution in [0.1, 0.15) is 23.7 Å². The summed E-state index contributed by atoms with van der Waals surface area (Å²) in [6.45, 7) is 2.11. The second-order valence-corrected chi connectivity index (χ2v) is 3.94. The highest BCUT2D eigenvalue weighted by Gasteiger charge is 2.24. The van der Waals surface area contributed by atoms with Crippen LogP contribution < -0.4 is 5.73 Å². The number of halogens is 1. The second-order valence-electron chi connectivity index (χ2n) is 3.94. The molecule has 20 heavy (non-hydrogen) atoms. The third-order valence-corrected chi connectivity index (χ3v) is 2.71. The lowest BCUT2D eigenvalue weighted by molar-refractivity contribution is -0.384. The van der Waals surface area contributed by atoms with E-state index in [-0.39, 0.29) is 30.8 Å². The van der Waals surface area contributed by atoms with E-state index < -0.39 is 22.3 Å². The van der Waals surface area contributed by atoms with Crippen LogP contribution in [0.5, 0.6) is 0 Å². The Morgan fingerprint density at radius 1 is 1.60 bits per heavy atom. The largest absolute Gasteiger partial charge is 0.393 e. The van der Waals surface area contributed by atoms with Crippen LogP contribution in [0.25, 0.3) is 0 Å². The summed E-state index contributed by atoms with van der Waals surface area (Å²) < 4.78 is 13.4. The maximum atomic E-state index is 13.4. The minimum Gasteiger partial charge on any atom is -0.393 e. The van der Waals surface area contributed by atoms with Gasteiger partial charge >= 0.3 is 0 Å². The fourth-order valence-electron chi connectivity index (χ4n) is 1.69. The summed E-state index contributed by atoms with van der Waals surface area (Å²) in [4.78, 5) is 23.4. The van der Waals surface area contributed by atoms with Gasteiger partial charge in [0, 0.05) is 13.1 Å². The van der Waals surface area contributed by atoms with E-state index in [2.05, 4.69) is 0 Å². The lowest BCUT2D eigenvalue weighted by atomic mass is 10.1. The van der Waals surface area contributed by atoms with Gasteiger partial charge in [0.25, 0.3) is 11.6 Å². The number of anilines is 1. The summed E-state index contributed by atoms with van der Waals surface area (Å²) >= 11 is 0. The molecule has 0 bridgehead atoms. The van der Waals surface area contributed by atoms with Gasteiger partial charge in [0.2, 0.25) is 0 Å². The van der Waals surface area contributed by atoms with Crippen molar-refractivity contribution in [2.75, 3.05) is 18.8 Å². The van der Waals surface area contributed by atoms with Crippen LogP contribution in [0.4, 0.5) is 15.8 Å². The molecule has 0 heterocycles. The zero-order chi connectivity index (χ0) is 15.3. The molecular formula is C12H13FN4O3. The van der Waals surface area contributed by atoms with Crippen molar-refractivity contribution in [3.63, 3.8) is 0 Å². The fourth-order valence-corrected chi connectivity index (χ4v) is 1.69. The van der Waals surface area contributed by atoms with E-state index >= 15 is 0 Å². The molecule has 1 aromatic rings. The van der Waals surface area contributed by atoms with E-state index in [0.29, 0.717) is 6.07 Å². The topological polar surface area (TPSA) is 113 Å². The van der Waals surface area contributed by atoms with Crippen LogP contribution in [0.2, 0.25) is 0 Å². The Kier molecular flexibility index (Phi) is 4.97. The highest BCUT2D eigenvalue weighted by atomic mass is 19.1. The number of nitro benzene ring substituents is 1. The Hall–Kier alpha value is -2.69. The smallest absolute Gasteiger partial charge is 0.295 e. The molecular weight excluding hydrogens is 267 g/mol. The number of nitrogen functional groups attached to an aromatic ring is 1. The normalized spacial score (nSPS) is 9.85. The Morgan fingerprint density at radius 2 is 2.25 bits per heavy atom. The molecule has 7 nitrogen and oxygen atoms in total. The van der Waals surface area contributed by atoms with Crippen molar-refractivity contribution in [1.29, 1.82) is 5.26 Å². The number of amides is 1. The van der Waals surface area contributed by atoms with Crippen LogP contribution in [0.3, 0.4) is 0 Å². The Morgan fingerprint density at radius 3 is 2.75 bits per heavy atom. The molecule has 0 radical (unpaired) electrons. The average molecular weight is 280 g/mol. The van der Waals surface area contributed by atoms with E-state index in [0.717, 1.165) is 6.07 Å². The first-order chi connectivity index (χ1) is 9.42. The Balaban J connectivity index is 3.21. The molecule has 0 aliphatic heterocycles. The number of benzene rings is 1. The fraction of sp³-hybridized carbons (Fsp3) is 0.333. The second kappa shape index (κ2) is 6.47. The van der Waals surface area contributed by atoms with Crippen LogP contribution in [-0.4, -0.2) is 28.8 Å². The maximum absolute atomic E-state index is 13.4. The van der Waals surface area contributed by atoms with Gasteiger partial charge in [-0.1, -0.05) is 0 Å². The van der Waals surface area contributed by atoms with Gasteiger partial charge < -0.3 is 10.6 Å². The van der Waals surface area contributed by atoms with E-state index in [1.165, 1.54) is 4.90 Å². The first-order valence-electron chi connectivity index (χ1n) is 5.82. The van der Waals surface area contributed by atoms with Crippen LogP contribution >= 0.6 is 0 Å². The molecule has 2 N–H and O–H groups in total. The van der Waals surface area contributed by atoms with Crippen molar-refractivity contribution < 1.29 is 14.1 Å². The molecule has 0 fully saturated rings. The minimum atomic E-state index is -0.911. The van der Waals surface area contributed by atoms with Crippen molar-refractivity contribution in [1.82, 2.24) is 4.90 Å². The number of nitro groups is 1. The molecule has 1 aromatic carbocycles. The molecule has 8 heteroatoms. The predicted octanol–water partition coefficient (Wildman–Crippen LogP) is 1.69. The number of carbonyl (C=O) groups is 1. The predicted molar refractivity (Wildman–Crippen MR) is 69.3 cm³/mol. The van der Waals surface area contributed by atoms with Gasteiger partial charge in [-0.15, -0.1) is 0 Å². The van der Waals surface area contributed by atoms with Gasteiger partial charge in [-0.25, -0.2) is 4.39 Å². The zero-order valence-electron chi connectivity index (χ0n) is 10.8. The van der Waals surface area contributed by atoms with Gasteiger partial charge in [0.1, 0.15) is 11.5 Å². The van der Waals surface area contributed by atoms with Gasteiger partial charge in [-0.2, -0.15) is 5.26 Å². The summed E-state index contributed by atoms with van der Waals surface area (Å²) in [5, 5.41) is 19.3. The monoisotopic (exact) mass is 280 g/mol. The summed E-state index contributed by atoms with van der Waals surface area (Å²) in [5.41, 5.74) is 4.26. The van der Waals surface area contributed by atoms with Gasteiger partial charge in [0.05, 0.1) is 29.0 Å². The molecule has 106 valence electrons. The Bertz CT molecular complexity index is 583. The summed E-state index contributed by atoms with van der Waals surface area (Å²) in [5.74, 6) is -1.55. The molecule has 0 saturated heterocycles. The number of hydrogen-bond donors (Lipinski definition) is 1. The maximum Gasteiger partial charge on any atom is 0.295 e. The lowest BCUT2D eigenvalue weighted by Crippen LogP contribution is -2.32. The van der Waals surface area contributed by atoms with Crippen molar-refractivity contribution >= 4 is 17.3 Å². The van der Waals surface area contributed by atoms with Crippen molar-refractivity contribution in [2.24, 2.45) is 0 Å². The Labute approximate surface area is 114 Å². The van der Waals surface area contributed by atoms with E-state index in [1.54, 1.807) is 6.92 Å². The van der Waals surface area contributed by atoms with Crippen molar-refractivity contribution in [3.8, 4) is 6.07 Å². The third kappa shape index (κ3) is 3.20. The van der Waals surface area contributed by atoms with Gasteiger partial charge in [0.15, 0.2) is 0 Å². The number of nitrogens with two attached hydrogens (primary N) is 1. The standard InChI is InChI=1S/C12H13FN4O3/c1-2-16(5-3-4-14)12(18)9-6-8(13)7-10(11(9)15)17(19)20/h6-7H,2-3,5,15H2,1H3. The van der Waals surface area contributed by atoms with Crippen molar-refractivity contribution in [2.45, 2.75) is 13.3 Å². The molecule has 0 spiro atoms. The van der Waals surface area contributed by atoms with Crippen LogP contribution in [0.15, 0.2) is 12.1 Å². The lowest BCUT2D eigenvalue weighted by Gasteiger charge is -2.20. The van der Waals surface area contributed by atoms with E-state index in [9.17, 15) is 19.3 Å². The first-order valence-corrected chi connectivity index (χ1v) is 5.82. The molecule has 0 aromatic heterocycles. The number of carbonyl (C=O) groups excluding carboxylic acids is 1. The molecule has 0 aliphatic rings. The zero-order valence-corrected chi connectivity index (χ0v) is 10.8. The molecule has 1 amide bonds. The quantitative estimate of drug-likeness (QED) is 0.501. The summed E-state index contributed by atoms with van der Waals surface area (Å²) in [7, 11) is 0. The summed E-state index contributed by atoms with van der Waals surface area (Å²) in [6.07, 6.45) is 0.108. The molecule has 0 saturated carbocycles. The number of rotatable bonds is 5. The highest BCUT2D eigenvalue weighted by molar-refractivity contribution is 6.01. The van der Waals surface area contributed by atoms with Crippen LogP contribution in [-0.2, 0) is 0 Å². The molecule has 0 atom stereocenters. The molecule has 1 rings (SSSR count). The SMILES string of the molecule is CCN(CCC#N)C(=O)c1cc(F)cc([N+](=O)[O-])c1N. The number of nitriles is 1. The van der Waals surface area contributed by atoms with E-state index in [4.69, 9.17) is 11.0 Å². The van der Waals surface area contributed by atoms with Crippen molar-refractivity contribution in [3.05, 3.63) is 33.6 Å². The summed E-state index contributed by atoms with van der Waals surface area (Å²) in [6, 6.07) is 3.41. The molecule has 0 aliphatic carbocycles. The van der Waals surface area contributed by atoms with E-state index in [1.807, 2.05) is 6.07 Å². The van der Waals surface area contributed by atoms with Gasteiger partial charge in [-0.05, 0) is 13.0 Å². The number of nitrogens with zero attached hydrogens (tertiary/aromatic N) is 3. The minimum absolute atomic E-state index is 0.108. The third-order valence-electron chi connectivity index (χ3n) is 2.71. The van der Waals surface area contributed by atoms with Gasteiger partial charge in [-0.3, -0.25) is 14.9 Å². The first kappa shape index (κ1) is 15.4. The number of hydrogen-bond acceptors (Lipinski definition) is 5. The highest BCUT2D eigenvalue weighted by Crippen LogP contribution is 2.27. The molecule has 0 unspecified atom stereocenters. The average Bonchev–Trinajstić information content (AvgIpc) is 2.41. The van der Waals surface area contributed by atoms with Crippen LogP contribution in [0, 0.1) is 27.3 Å².